The van der Waals surface area contributed by atoms with Gasteiger partial charge in [0.05, 0.1) is 11.7 Å². The molecule has 1 atom stereocenters. The Balaban J connectivity index is 2.21. The lowest BCUT2D eigenvalue weighted by atomic mass is 10.2. The lowest BCUT2D eigenvalue weighted by molar-refractivity contribution is 0.0762. The minimum atomic E-state index is -0.443. The first-order valence-electron chi connectivity index (χ1n) is 5.04. The van der Waals surface area contributed by atoms with Crippen molar-refractivity contribution in [1.29, 1.82) is 0 Å². The molecule has 1 heterocycles. The summed E-state index contributed by atoms with van der Waals surface area (Å²) < 4.78 is 0.725. The fraction of sp³-hybridized carbons (Fsp3) is 0.364. The molecule has 4 nitrogen and oxygen atoms in total. The van der Waals surface area contributed by atoms with Gasteiger partial charge in [-0.2, -0.15) is 0 Å². The number of aliphatic hydroxyl groups is 1. The van der Waals surface area contributed by atoms with E-state index in [1.54, 1.807) is 17.0 Å². The van der Waals surface area contributed by atoms with Gasteiger partial charge in [0.1, 0.15) is 5.75 Å². The number of carbonyl (C=O) groups is 1. The summed E-state index contributed by atoms with van der Waals surface area (Å²) in [7, 11) is 0. The number of benzene rings is 1. The molecule has 0 aromatic heterocycles. The number of aliphatic hydroxyl groups excluding tert-OH is 1. The quantitative estimate of drug-likeness (QED) is 0.819. The summed E-state index contributed by atoms with van der Waals surface area (Å²) in [5, 5.41) is 19.0. The number of phenolic OH excluding ortho intramolecular Hbond substituents is 1. The molecular formula is C11H12BrNO3. The summed E-state index contributed by atoms with van der Waals surface area (Å²) in [5.41, 5.74) is 0.275. The van der Waals surface area contributed by atoms with E-state index in [9.17, 15) is 15.0 Å². The van der Waals surface area contributed by atoms with Crippen LogP contribution in [0.4, 0.5) is 0 Å². The summed E-state index contributed by atoms with van der Waals surface area (Å²) in [5.74, 6) is -0.276. The smallest absolute Gasteiger partial charge is 0.257 e. The molecule has 0 aliphatic carbocycles. The maximum atomic E-state index is 12.0. The number of β-amino-alcohol motifs (C(OH)–C–C–N with tert-alkyl or cyclic N) is 1. The van der Waals surface area contributed by atoms with E-state index in [2.05, 4.69) is 15.9 Å². The van der Waals surface area contributed by atoms with E-state index >= 15 is 0 Å². The molecular weight excluding hydrogens is 274 g/mol. The molecule has 0 spiro atoms. The Kier molecular flexibility index (Phi) is 3.16. The molecule has 0 saturated carbocycles. The highest BCUT2D eigenvalue weighted by Gasteiger charge is 2.26. The number of hydrogen-bond donors (Lipinski definition) is 2. The zero-order chi connectivity index (χ0) is 11.7. The van der Waals surface area contributed by atoms with Crippen LogP contribution in [0.15, 0.2) is 22.7 Å². The molecule has 0 bridgehead atoms. The normalized spacial score (nSPS) is 20.1. The maximum Gasteiger partial charge on any atom is 0.257 e. The zero-order valence-electron chi connectivity index (χ0n) is 8.56. The van der Waals surface area contributed by atoms with Crippen LogP contribution in [0, 0.1) is 0 Å². The molecule has 2 N–H and O–H groups in total. The van der Waals surface area contributed by atoms with E-state index in [0.717, 1.165) is 4.47 Å². The van der Waals surface area contributed by atoms with Crippen LogP contribution >= 0.6 is 15.9 Å². The van der Waals surface area contributed by atoms with E-state index in [-0.39, 0.29) is 17.2 Å². The second-order valence-electron chi connectivity index (χ2n) is 3.86. The van der Waals surface area contributed by atoms with Crippen molar-refractivity contribution in [2.75, 3.05) is 13.1 Å². The van der Waals surface area contributed by atoms with Crippen LogP contribution in [-0.2, 0) is 0 Å². The van der Waals surface area contributed by atoms with Crippen LogP contribution in [0.25, 0.3) is 0 Å². The van der Waals surface area contributed by atoms with Crippen LogP contribution in [-0.4, -0.2) is 40.2 Å². The van der Waals surface area contributed by atoms with Crippen molar-refractivity contribution in [3.8, 4) is 5.75 Å². The summed E-state index contributed by atoms with van der Waals surface area (Å²) in [6.45, 7) is 0.879. The van der Waals surface area contributed by atoms with Crippen LogP contribution < -0.4 is 0 Å². The van der Waals surface area contributed by atoms with Gasteiger partial charge in [0.25, 0.3) is 5.91 Å². The van der Waals surface area contributed by atoms with Gasteiger partial charge in [-0.25, -0.2) is 0 Å². The Hall–Kier alpha value is -1.07. The van der Waals surface area contributed by atoms with Crippen molar-refractivity contribution in [2.45, 2.75) is 12.5 Å². The SMILES string of the molecule is O=C(c1ccc(Br)cc1O)N1CCC(O)C1. The highest BCUT2D eigenvalue weighted by atomic mass is 79.9. The molecule has 1 fully saturated rings. The molecule has 2 rings (SSSR count). The molecule has 1 aliphatic heterocycles. The largest absolute Gasteiger partial charge is 0.507 e. The number of phenols is 1. The molecule has 1 aromatic carbocycles. The van der Waals surface area contributed by atoms with Gasteiger partial charge in [-0.1, -0.05) is 15.9 Å². The minimum Gasteiger partial charge on any atom is -0.507 e. The van der Waals surface area contributed by atoms with Crippen molar-refractivity contribution < 1.29 is 15.0 Å². The number of hydrogen-bond acceptors (Lipinski definition) is 3. The van der Waals surface area contributed by atoms with Gasteiger partial charge in [0.2, 0.25) is 0 Å². The summed E-state index contributed by atoms with van der Waals surface area (Å²) in [6.07, 6.45) is 0.157. The number of carbonyl (C=O) groups excluding carboxylic acids is 1. The fourth-order valence-electron chi connectivity index (χ4n) is 1.78. The average molecular weight is 286 g/mol. The Morgan fingerprint density at radius 1 is 1.50 bits per heavy atom. The third-order valence-electron chi connectivity index (χ3n) is 2.64. The predicted molar refractivity (Wildman–Crippen MR) is 62.3 cm³/mol. The average Bonchev–Trinajstić information content (AvgIpc) is 2.64. The van der Waals surface area contributed by atoms with Crippen molar-refractivity contribution in [1.82, 2.24) is 4.90 Å². The molecule has 1 aromatic rings. The molecule has 86 valence electrons. The topological polar surface area (TPSA) is 60.8 Å². The second kappa shape index (κ2) is 4.43. The first-order chi connectivity index (χ1) is 7.58. The van der Waals surface area contributed by atoms with E-state index in [1.165, 1.54) is 6.07 Å². The van der Waals surface area contributed by atoms with E-state index in [4.69, 9.17) is 0 Å². The first kappa shape index (κ1) is 11.4. The van der Waals surface area contributed by atoms with Gasteiger partial charge >= 0.3 is 0 Å². The van der Waals surface area contributed by atoms with Crippen LogP contribution in [0.2, 0.25) is 0 Å². The van der Waals surface area contributed by atoms with E-state index < -0.39 is 6.10 Å². The number of amides is 1. The van der Waals surface area contributed by atoms with Gasteiger partial charge in [0.15, 0.2) is 0 Å². The highest BCUT2D eigenvalue weighted by molar-refractivity contribution is 9.10. The molecule has 1 aliphatic rings. The number of likely N-dealkylation sites (tertiary alicyclic amines) is 1. The molecule has 1 saturated heterocycles. The summed E-state index contributed by atoms with van der Waals surface area (Å²) in [4.78, 5) is 13.5. The Bertz CT molecular complexity index is 422. The van der Waals surface area contributed by atoms with Crippen molar-refractivity contribution in [2.24, 2.45) is 0 Å². The Labute approximate surface area is 102 Å². The maximum absolute atomic E-state index is 12.0. The number of nitrogens with zero attached hydrogens (tertiary/aromatic N) is 1. The predicted octanol–water partition coefficient (Wildman–Crippen LogP) is 1.36. The van der Waals surface area contributed by atoms with Gasteiger partial charge in [-0.15, -0.1) is 0 Å². The van der Waals surface area contributed by atoms with Crippen LogP contribution in [0.5, 0.6) is 5.75 Å². The lowest BCUT2D eigenvalue weighted by Crippen LogP contribution is -2.29. The molecule has 0 radical (unpaired) electrons. The van der Waals surface area contributed by atoms with Gasteiger partial charge in [0, 0.05) is 17.6 Å². The minimum absolute atomic E-state index is 0.0410. The van der Waals surface area contributed by atoms with Crippen molar-refractivity contribution in [3.05, 3.63) is 28.2 Å². The number of aromatic hydroxyl groups is 1. The second-order valence-corrected chi connectivity index (χ2v) is 4.77. The third-order valence-corrected chi connectivity index (χ3v) is 3.13. The van der Waals surface area contributed by atoms with Gasteiger partial charge in [-0.05, 0) is 24.6 Å². The Morgan fingerprint density at radius 2 is 2.25 bits per heavy atom. The van der Waals surface area contributed by atoms with E-state index in [1.807, 2.05) is 0 Å². The fourth-order valence-corrected chi connectivity index (χ4v) is 2.13. The summed E-state index contributed by atoms with van der Waals surface area (Å²) >= 11 is 3.21. The van der Waals surface area contributed by atoms with E-state index in [0.29, 0.717) is 19.5 Å². The number of rotatable bonds is 1. The zero-order valence-corrected chi connectivity index (χ0v) is 10.1. The lowest BCUT2D eigenvalue weighted by Gasteiger charge is -2.16. The van der Waals surface area contributed by atoms with Gasteiger partial charge in [-0.3, -0.25) is 4.79 Å². The molecule has 1 amide bonds. The monoisotopic (exact) mass is 285 g/mol. The van der Waals surface area contributed by atoms with Crippen LogP contribution in [0.3, 0.4) is 0 Å². The summed E-state index contributed by atoms with van der Waals surface area (Å²) in [6, 6.07) is 4.77. The van der Waals surface area contributed by atoms with Crippen LogP contribution in [0.1, 0.15) is 16.8 Å². The number of halogens is 1. The molecule has 5 heteroatoms. The highest BCUT2D eigenvalue weighted by Crippen LogP contribution is 2.24. The Morgan fingerprint density at radius 3 is 2.81 bits per heavy atom. The first-order valence-corrected chi connectivity index (χ1v) is 5.83. The van der Waals surface area contributed by atoms with Crippen molar-refractivity contribution in [3.63, 3.8) is 0 Å². The third kappa shape index (κ3) is 2.20. The molecule has 1 unspecified atom stereocenters. The van der Waals surface area contributed by atoms with Gasteiger partial charge < -0.3 is 15.1 Å². The molecule has 16 heavy (non-hydrogen) atoms. The standard InChI is InChI=1S/C11H12BrNO3/c12-7-1-2-9(10(15)5-7)11(16)13-4-3-8(14)6-13/h1-2,5,8,14-15H,3-4,6H2. The van der Waals surface area contributed by atoms with Crippen molar-refractivity contribution >= 4 is 21.8 Å².